The van der Waals surface area contributed by atoms with Crippen LogP contribution in [0.2, 0.25) is 0 Å². The van der Waals surface area contributed by atoms with Crippen molar-refractivity contribution in [3.63, 3.8) is 0 Å². The molecule has 2 heterocycles. The van der Waals surface area contributed by atoms with E-state index in [-0.39, 0.29) is 23.0 Å². The average molecular weight is 380 g/mol. The highest BCUT2D eigenvalue weighted by atomic mass is 32.2. The van der Waals surface area contributed by atoms with Crippen molar-refractivity contribution in [3.05, 3.63) is 29.8 Å². The number of carbonyl (C=O) groups excluding carboxylic acids is 2. The normalized spacial score (nSPS) is 18.7. The zero-order valence-corrected chi connectivity index (χ0v) is 15.5. The van der Waals surface area contributed by atoms with E-state index in [2.05, 4.69) is 0 Å². The molecular weight excluding hydrogens is 356 g/mol. The third-order valence-electron chi connectivity index (χ3n) is 4.81. The van der Waals surface area contributed by atoms with E-state index in [1.807, 2.05) is 0 Å². The summed E-state index contributed by atoms with van der Waals surface area (Å²) in [6, 6.07) is 5.81. The van der Waals surface area contributed by atoms with Gasteiger partial charge in [0.05, 0.1) is 10.5 Å². The summed E-state index contributed by atoms with van der Waals surface area (Å²) in [5.41, 5.74) is 0.136. The van der Waals surface area contributed by atoms with Gasteiger partial charge < -0.3 is 9.64 Å². The van der Waals surface area contributed by atoms with Crippen molar-refractivity contribution in [2.24, 2.45) is 0 Å². The Morgan fingerprint density at radius 2 is 1.62 bits per heavy atom. The number of hydrogen-bond donors (Lipinski definition) is 0. The first kappa shape index (κ1) is 18.8. The molecular formula is C18H24N2O5S. The Morgan fingerprint density at radius 1 is 0.962 bits per heavy atom. The van der Waals surface area contributed by atoms with Crippen molar-refractivity contribution in [2.45, 2.75) is 37.0 Å². The van der Waals surface area contributed by atoms with Crippen molar-refractivity contribution in [3.8, 4) is 0 Å². The van der Waals surface area contributed by atoms with Crippen LogP contribution >= 0.6 is 0 Å². The van der Waals surface area contributed by atoms with Gasteiger partial charge in [0, 0.05) is 26.2 Å². The van der Waals surface area contributed by atoms with Crippen LogP contribution < -0.4 is 0 Å². The summed E-state index contributed by atoms with van der Waals surface area (Å²) < 4.78 is 31.7. The Hall–Kier alpha value is -1.93. The molecule has 0 unspecified atom stereocenters. The first-order chi connectivity index (χ1) is 12.5. The molecule has 7 nitrogen and oxygen atoms in total. The van der Waals surface area contributed by atoms with Gasteiger partial charge in [-0.15, -0.1) is 0 Å². The standard InChI is InChI=1S/C18H24N2O5S/c21-17(19-9-2-1-3-10-19)14-25-18(22)15-7-6-8-16(13-15)26(23,24)20-11-4-5-12-20/h6-8,13H,1-5,9-12,14H2. The van der Waals surface area contributed by atoms with Crippen LogP contribution in [0.4, 0.5) is 0 Å². The number of piperidine rings is 1. The first-order valence-electron chi connectivity index (χ1n) is 9.03. The zero-order valence-electron chi connectivity index (χ0n) is 14.7. The van der Waals surface area contributed by atoms with Gasteiger partial charge in [0.15, 0.2) is 6.61 Å². The van der Waals surface area contributed by atoms with E-state index in [1.54, 1.807) is 4.90 Å². The predicted octanol–water partition coefficient (Wildman–Crippen LogP) is 1.64. The van der Waals surface area contributed by atoms with Crippen LogP contribution in [-0.4, -0.2) is 62.3 Å². The number of ether oxygens (including phenoxy) is 1. The summed E-state index contributed by atoms with van der Waals surface area (Å²) in [5.74, 6) is -0.896. The van der Waals surface area contributed by atoms with Gasteiger partial charge in [-0.3, -0.25) is 4.79 Å². The maximum atomic E-state index is 12.6. The molecule has 3 rings (SSSR count). The summed E-state index contributed by atoms with van der Waals surface area (Å²) in [5, 5.41) is 0. The number of nitrogens with zero attached hydrogens (tertiary/aromatic N) is 2. The second-order valence-electron chi connectivity index (χ2n) is 6.66. The summed E-state index contributed by atoms with van der Waals surface area (Å²) in [7, 11) is -3.59. The molecule has 0 N–H and O–H groups in total. The van der Waals surface area contributed by atoms with Crippen molar-refractivity contribution < 1.29 is 22.7 Å². The zero-order chi connectivity index (χ0) is 18.6. The molecule has 2 fully saturated rings. The third-order valence-corrected chi connectivity index (χ3v) is 6.70. The molecule has 0 radical (unpaired) electrons. The number of benzene rings is 1. The van der Waals surface area contributed by atoms with Gasteiger partial charge >= 0.3 is 5.97 Å². The second kappa shape index (κ2) is 8.18. The monoisotopic (exact) mass is 380 g/mol. The van der Waals surface area contributed by atoms with Gasteiger partial charge in [-0.1, -0.05) is 6.07 Å². The summed E-state index contributed by atoms with van der Waals surface area (Å²) in [6.45, 7) is 2.07. The summed E-state index contributed by atoms with van der Waals surface area (Å²) in [4.78, 5) is 26.1. The van der Waals surface area contributed by atoms with Gasteiger partial charge in [0.1, 0.15) is 0 Å². The van der Waals surface area contributed by atoms with Crippen molar-refractivity contribution in [1.82, 2.24) is 9.21 Å². The van der Waals surface area contributed by atoms with Gasteiger partial charge in [-0.25, -0.2) is 13.2 Å². The Morgan fingerprint density at radius 3 is 2.31 bits per heavy atom. The van der Waals surface area contributed by atoms with E-state index in [1.165, 1.54) is 28.6 Å². The Balaban J connectivity index is 1.63. The van der Waals surface area contributed by atoms with Crippen LogP contribution in [0, 0.1) is 0 Å². The van der Waals surface area contributed by atoms with E-state index in [0.717, 1.165) is 32.1 Å². The highest BCUT2D eigenvalue weighted by molar-refractivity contribution is 7.89. The summed E-state index contributed by atoms with van der Waals surface area (Å²) in [6.07, 6.45) is 4.74. The lowest BCUT2D eigenvalue weighted by atomic mass is 10.1. The van der Waals surface area contributed by atoms with Crippen LogP contribution in [0.1, 0.15) is 42.5 Å². The molecule has 2 saturated heterocycles. The topological polar surface area (TPSA) is 84.0 Å². The van der Waals surface area contributed by atoms with E-state index in [9.17, 15) is 18.0 Å². The molecule has 8 heteroatoms. The highest BCUT2D eigenvalue weighted by Crippen LogP contribution is 2.21. The van der Waals surface area contributed by atoms with Crippen LogP contribution in [0.25, 0.3) is 0 Å². The molecule has 0 atom stereocenters. The molecule has 1 amide bonds. The molecule has 0 bridgehead atoms. The van der Waals surface area contributed by atoms with E-state index in [0.29, 0.717) is 26.2 Å². The largest absolute Gasteiger partial charge is 0.452 e. The number of esters is 1. The van der Waals surface area contributed by atoms with Crippen molar-refractivity contribution >= 4 is 21.9 Å². The minimum atomic E-state index is -3.59. The van der Waals surface area contributed by atoms with Crippen LogP contribution in [0.5, 0.6) is 0 Å². The minimum absolute atomic E-state index is 0.0798. The van der Waals surface area contributed by atoms with Gasteiger partial charge in [-0.05, 0) is 50.3 Å². The SMILES string of the molecule is O=C(OCC(=O)N1CCCCC1)c1cccc(S(=O)(=O)N2CCCC2)c1. The molecule has 2 aliphatic heterocycles. The van der Waals surface area contributed by atoms with Crippen molar-refractivity contribution in [1.29, 1.82) is 0 Å². The minimum Gasteiger partial charge on any atom is -0.452 e. The third kappa shape index (κ3) is 4.24. The fourth-order valence-electron chi connectivity index (χ4n) is 3.31. The lowest BCUT2D eigenvalue weighted by Gasteiger charge is -2.26. The van der Waals surface area contributed by atoms with E-state index < -0.39 is 16.0 Å². The number of carbonyl (C=O) groups is 2. The molecule has 26 heavy (non-hydrogen) atoms. The van der Waals surface area contributed by atoms with Crippen LogP contribution in [0.3, 0.4) is 0 Å². The average Bonchev–Trinajstić information content (AvgIpc) is 3.22. The number of amides is 1. The first-order valence-corrected chi connectivity index (χ1v) is 10.5. The highest BCUT2D eigenvalue weighted by Gasteiger charge is 2.28. The maximum Gasteiger partial charge on any atom is 0.338 e. The molecule has 0 saturated carbocycles. The number of sulfonamides is 1. The molecule has 142 valence electrons. The van der Waals surface area contributed by atoms with Gasteiger partial charge in [0.25, 0.3) is 5.91 Å². The van der Waals surface area contributed by atoms with E-state index >= 15 is 0 Å². The van der Waals surface area contributed by atoms with Gasteiger partial charge in [0.2, 0.25) is 10.0 Å². The van der Waals surface area contributed by atoms with E-state index in [4.69, 9.17) is 4.74 Å². The quantitative estimate of drug-likeness (QED) is 0.725. The molecule has 0 spiro atoms. The second-order valence-corrected chi connectivity index (χ2v) is 8.59. The predicted molar refractivity (Wildman–Crippen MR) is 95.1 cm³/mol. The lowest BCUT2D eigenvalue weighted by molar-refractivity contribution is -0.135. The molecule has 1 aromatic carbocycles. The number of hydrogen-bond acceptors (Lipinski definition) is 5. The van der Waals surface area contributed by atoms with Crippen LogP contribution in [-0.2, 0) is 19.6 Å². The Kier molecular flexibility index (Phi) is 5.93. The molecule has 2 aliphatic rings. The smallest absolute Gasteiger partial charge is 0.338 e. The van der Waals surface area contributed by atoms with Crippen LogP contribution in [0.15, 0.2) is 29.2 Å². The Bertz CT molecular complexity index is 766. The number of rotatable bonds is 5. The Labute approximate surface area is 154 Å². The van der Waals surface area contributed by atoms with Crippen molar-refractivity contribution in [2.75, 3.05) is 32.8 Å². The molecule has 0 aromatic heterocycles. The lowest BCUT2D eigenvalue weighted by Crippen LogP contribution is -2.38. The summed E-state index contributed by atoms with van der Waals surface area (Å²) >= 11 is 0. The fourth-order valence-corrected chi connectivity index (χ4v) is 4.87. The fraction of sp³-hybridized carbons (Fsp3) is 0.556. The molecule has 0 aliphatic carbocycles. The number of likely N-dealkylation sites (tertiary alicyclic amines) is 1. The molecule has 1 aromatic rings. The van der Waals surface area contributed by atoms with Gasteiger partial charge in [-0.2, -0.15) is 4.31 Å². The maximum absolute atomic E-state index is 12.6.